The number of nitrogens with two attached hydrogens (primary N) is 1. The van der Waals surface area contributed by atoms with Gasteiger partial charge in [0.25, 0.3) is 0 Å². The fraction of sp³-hybridized carbons (Fsp3) is 0.533. The monoisotopic (exact) mass is 277 g/mol. The molecule has 0 aliphatic carbocycles. The summed E-state index contributed by atoms with van der Waals surface area (Å²) in [5.41, 5.74) is 7.72. The molecule has 0 bridgehead atoms. The lowest BCUT2D eigenvalue weighted by Crippen LogP contribution is -2.33. The number of hydrogen-bond donors (Lipinski definition) is 1. The molecule has 0 saturated carbocycles. The molecule has 2 aromatic heterocycles. The minimum Gasteiger partial charge on any atom is -0.326 e. The molecule has 0 radical (unpaired) electrons. The minimum atomic E-state index is 0.127. The van der Waals surface area contributed by atoms with Crippen LogP contribution in [0.15, 0.2) is 23.8 Å². The Morgan fingerprint density at radius 1 is 1.42 bits per heavy atom. The van der Waals surface area contributed by atoms with E-state index in [4.69, 9.17) is 5.73 Å². The summed E-state index contributed by atoms with van der Waals surface area (Å²) < 4.78 is 2.27. The van der Waals surface area contributed by atoms with E-state index in [1.54, 1.807) is 11.3 Å². The highest BCUT2D eigenvalue weighted by atomic mass is 32.1. The first-order valence-corrected chi connectivity index (χ1v) is 7.88. The number of rotatable bonds is 6. The number of hydrogen-bond acceptors (Lipinski definition) is 3. The summed E-state index contributed by atoms with van der Waals surface area (Å²) in [6.45, 7) is 6.50. The average molecular weight is 277 g/mol. The first kappa shape index (κ1) is 14.3. The standard InChI is InChI=1S/C15H23N3S/c1-4-6-13-17-8-9-18(13)14(12(16)5-2)15-11(3)7-10-19-15/h7-10,12,14H,4-6,16H2,1-3H3. The summed E-state index contributed by atoms with van der Waals surface area (Å²) in [6.07, 6.45) is 7.04. The maximum Gasteiger partial charge on any atom is 0.109 e. The smallest absolute Gasteiger partial charge is 0.109 e. The van der Waals surface area contributed by atoms with E-state index in [1.807, 2.05) is 6.20 Å². The van der Waals surface area contributed by atoms with Gasteiger partial charge in [-0.3, -0.25) is 0 Å². The molecule has 104 valence electrons. The SMILES string of the molecule is CCCc1nccn1C(c1sccc1C)C(N)CC. The number of thiophene rings is 1. The van der Waals surface area contributed by atoms with Crippen molar-refractivity contribution in [3.05, 3.63) is 40.1 Å². The van der Waals surface area contributed by atoms with E-state index in [0.29, 0.717) is 0 Å². The Hall–Kier alpha value is -1.13. The second-order valence-electron chi connectivity index (χ2n) is 4.99. The number of aryl methyl sites for hydroxylation is 2. The van der Waals surface area contributed by atoms with E-state index < -0.39 is 0 Å². The summed E-state index contributed by atoms with van der Waals surface area (Å²) in [4.78, 5) is 5.86. The van der Waals surface area contributed by atoms with Gasteiger partial charge in [-0.05, 0) is 36.8 Å². The van der Waals surface area contributed by atoms with Crippen molar-refractivity contribution < 1.29 is 0 Å². The molecule has 19 heavy (non-hydrogen) atoms. The Bertz CT molecular complexity index is 515. The molecule has 2 atom stereocenters. The van der Waals surface area contributed by atoms with E-state index in [1.165, 1.54) is 10.4 Å². The molecule has 3 nitrogen and oxygen atoms in total. The topological polar surface area (TPSA) is 43.8 Å². The molecule has 4 heteroatoms. The fourth-order valence-corrected chi connectivity index (χ4v) is 3.55. The van der Waals surface area contributed by atoms with Crippen molar-refractivity contribution in [2.45, 2.75) is 52.1 Å². The molecular weight excluding hydrogens is 254 g/mol. The van der Waals surface area contributed by atoms with Gasteiger partial charge in [0.1, 0.15) is 5.82 Å². The van der Waals surface area contributed by atoms with Crippen LogP contribution in [-0.2, 0) is 6.42 Å². The van der Waals surface area contributed by atoms with Crippen LogP contribution in [0.1, 0.15) is 49.0 Å². The van der Waals surface area contributed by atoms with Crippen LogP contribution in [-0.4, -0.2) is 15.6 Å². The molecule has 2 aromatic rings. The van der Waals surface area contributed by atoms with Crippen LogP contribution in [0.4, 0.5) is 0 Å². The molecule has 0 saturated heterocycles. The molecule has 2 unspecified atom stereocenters. The summed E-state index contributed by atoms with van der Waals surface area (Å²) in [5.74, 6) is 1.14. The minimum absolute atomic E-state index is 0.127. The molecule has 0 aromatic carbocycles. The normalized spacial score (nSPS) is 14.5. The predicted octanol–water partition coefficient (Wildman–Crippen LogP) is 3.53. The zero-order valence-corrected chi connectivity index (χ0v) is 12.8. The third-order valence-electron chi connectivity index (χ3n) is 3.57. The lowest BCUT2D eigenvalue weighted by molar-refractivity contribution is 0.449. The quantitative estimate of drug-likeness (QED) is 0.877. The zero-order chi connectivity index (χ0) is 13.8. The third kappa shape index (κ3) is 2.90. The van der Waals surface area contributed by atoms with Gasteiger partial charge in [-0.2, -0.15) is 0 Å². The molecule has 0 aliphatic rings. The molecule has 2 N–H and O–H groups in total. The predicted molar refractivity (Wildman–Crippen MR) is 81.7 cm³/mol. The summed E-state index contributed by atoms with van der Waals surface area (Å²) >= 11 is 1.80. The van der Waals surface area contributed by atoms with Gasteiger partial charge in [0.15, 0.2) is 0 Å². The van der Waals surface area contributed by atoms with Crippen molar-refractivity contribution in [2.75, 3.05) is 0 Å². The highest BCUT2D eigenvalue weighted by Gasteiger charge is 2.24. The van der Waals surface area contributed by atoms with Crippen LogP contribution >= 0.6 is 11.3 Å². The van der Waals surface area contributed by atoms with Crippen LogP contribution in [0.25, 0.3) is 0 Å². The van der Waals surface area contributed by atoms with Crippen LogP contribution in [0.2, 0.25) is 0 Å². The van der Waals surface area contributed by atoms with Gasteiger partial charge >= 0.3 is 0 Å². The van der Waals surface area contributed by atoms with E-state index in [9.17, 15) is 0 Å². The first-order valence-electron chi connectivity index (χ1n) is 7.00. The van der Waals surface area contributed by atoms with Crippen LogP contribution in [0.5, 0.6) is 0 Å². The van der Waals surface area contributed by atoms with Gasteiger partial charge in [0.2, 0.25) is 0 Å². The van der Waals surface area contributed by atoms with Gasteiger partial charge in [-0.25, -0.2) is 4.98 Å². The first-order chi connectivity index (χ1) is 9.19. The Morgan fingerprint density at radius 3 is 2.79 bits per heavy atom. The van der Waals surface area contributed by atoms with E-state index in [0.717, 1.165) is 25.1 Å². The molecule has 0 aliphatic heterocycles. The molecule has 0 fully saturated rings. The van der Waals surface area contributed by atoms with E-state index in [-0.39, 0.29) is 12.1 Å². The maximum absolute atomic E-state index is 6.39. The van der Waals surface area contributed by atoms with Gasteiger partial charge in [-0.1, -0.05) is 13.8 Å². The van der Waals surface area contributed by atoms with Crippen molar-refractivity contribution in [3.8, 4) is 0 Å². The van der Waals surface area contributed by atoms with Gasteiger partial charge < -0.3 is 10.3 Å². The van der Waals surface area contributed by atoms with Gasteiger partial charge in [-0.15, -0.1) is 11.3 Å². The van der Waals surface area contributed by atoms with Gasteiger partial charge in [0, 0.05) is 29.7 Å². The Morgan fingerprint density at radius 2 is 2.21 bits per heavy atom. The molecule has 0 amide bonds. The summed E-state index contributed by atoms with van der Waals surface area (Å²) in [6, 6.07) is 2.52. The Kier molecular flexibility index (Phi) is 4.77. The van der Waals surface area contributed by atoms with Crippen molar-refractivity contribution >= 4 is 11.3 Å². The van der Waals surface area contributed by atoms with Crippen molar-refractivity contribution in [1.29, 1.82) is 0 Å². The van der Waals surface area contributed by atoms with Crippen molar-refractivity contribution in [1.82, 2.24) is 9.55 Å². The second kappa shape index (κ2) is 6.35. The molecule has 2 heterocycles. The summed E-state index contributed by atoms with van der Waals surface area (Å²) in [5, 5.41) is 2.15. The maximum atomic E-state index is 6.39. The fourth-order valence-electron chi connectivity index (χ4n) is 2.45. The lowest BCUT2D eigenvalue weighted by Gasteiger charge is -2.26. The number of aromatic nitrogens is 2. The second-order valence-corrected chi connectivity index (χ2v) is 5.93. The van der Waals surface area contributed by atoms with E-state index >= 15 is 0 Å². The van der Waals surface area contributed by atoms with Crippen LogP contribution in [0.3, 0.4) is 0 Å². The summed E-state index contributed by atoms with van der Waals surface area (Å²) in [7, 11) is 0. The molecule has 2 rings (SSSR count). The number of nitrogens with zero attached hydrogens (tertiary/aromatic N) is 2. The molecular formula is C15H23N3S. The largest absolute Gasteiger partial charge is 0.326 e. The molecule has 0 spiro atoms. The average Bonchev–Trinajstić information content (AvgIpc) is 3.01. The van der Waals surface area contributed by atoms with E-state index in [2.05, 4.69) is 48.0 Å². The lowest BCUT2D eigenvalue weighted by atomic mass is 10.0. The Balaban J connectivity index is 2.43. The highest BCUT2D eigenvalue weighted by Crippen LogP contribution is 2.31. The highest BCUT2D eigenvalue weighted by molar-refractivity contribution is 7.10. The van der Waals surface area contributed by atoms with Crippen molar-refractivity contribution in [2.24, 2.45) is 5.73 Å². The Labute approximate surface area is 119 Å². The number of imidazole rings is 1. The van der Waals surface area contributed by atoms with Gasteiger partial charge in [0.05, 0.1) is 6.04 Å². The zero-order valence-electron chi connectivity index (χ0n) is 12.0. The third-order valence-corrected chi connectivity index (χ3v) is 4.66. The van der Waals surface area contributed by atoms with Crippen molar-refractivity contribution in [3.63, 3.8) is 0 Å². The van der Waals surface area contributed by atoms with Crippen LogP contribution in [0, 0.1) is 6.92 Å². The van der Waals surface area contributed by atoms with Crippen LogP contribution < -0.4 is 5.73 Å².